The predicted molar refractivity (Wildman–Crippen MR) is 64.2 cm³/mol. The second-order valence-electron chi connectivity index (χ2n) is 3.27. The number of halogens is 1. The minimum absolute atomic E-state index is 0.0289. The average Bonchev–Trinajstić information content (AvgIpc) is 2.26. The van der Waals surface area contributed by atoms with Crippen LogP contribution in [0.25, 0.3) is 0 Å². The van der Waals surface area contributed by atoms with Crippen molar-refractivity contribution in [2.45, 2.75) is 13.0 Å². The molecule has 0 saturated heterocycles. The van der Waals surface area contributed by atoms with E-state index in [1.807, 2.05) is 25.2 Å². The van der Waals surface area contributed by atoms with Crippen LogP contribution in [-0.4, -0.2) is 25.4 Å². The average molecular weight is 274 g/mol. The maximum absolute atomic E-state index is 8.65. The van der Waals surface area contributed by atoms with Crippen LogP contribution in [0.4, 0.5) is 0 Å². The topological polar surface area (TPSA) is 41.5 Å². The van der Waals surface area contributed by atoms with E-state index < -0.39 is 0 Å². The number of ether oxygens (including phenoxy) is 1. The molecule has 15 heavy (non-hydrogen) atoms. The lowest BCUT2D eigenvalue weighted by atomic mass is 10.1. The van der Waals surface area contributed by atoms with Gasteiger partial charge in [-0.1, -0.05) is 6.07 Å². The number of rotatable bonds is 5. The summed E-state index contributed by atoms with van der Waals surface area (Å²) in [7, 11) is 1.93. The molecule has 0 bridgehead atoms. The monoisotopic (exact) mass is 273 g/mol. The van der Waals surface area contributed by atoms with E-state index in [0.717, 1.165) is 10.2 Å². The van der Waals surface area contributed by atoms with Crippen molar-refractivity contribution in [3.05, 3.63) is 28.2 Å². The zero-order valence-electron chi connectivity index (χ0n) is 8.96. The van der Waals surface area contributed by atoms with Crippen LogP contribution in [0.3, 0.4) is 0 Å². The normalized spacial score (nSPS) is 12.5. The fourth-order valence-electron chi connectivity index (χ4n) is 1.23. The molecular weight excluding hydrogens is 258 g/mol. The second kappa shape index (κ2) is 6.10. The third-order valence-corrected chi connectivity index (χ3v) is 2.86. The fraction of sp³-hybridized carbons (Fsp3) is 0.455. The van der Waals surface area contributed by atoms with Crippen LogP contribution in [0.5, 0.6) is 5.75 Å². The summed E-state index contributed by atoms with van der Waals surface area (Å²) in [6.45, 7) is 2.44. The summed E-state index contributed by atoms with van der Waals surface area (Å²) in [4.78, 5) is 0. The Labute approximate surface area is 98.6 Å². The van der Waals surface area contributed by atoms with Crippen molar-refractivity contribution in [3.8, 4) is 5.75 Å². The number of hydrogen-bond acceptors (Lipinski definition) is 3. The molecule has 0 heterocycles. The molecule has 3 nitrogen and oxygen atoms in total. The molecule has 0 amide bonds. The molecule has 84 valence electrons. The highest BCUT2D eigenvalue weighted by Gasteiger charge is 2.06. The molecule has 0 aliphatic carbocycles. The molecule has 4 heteroatoms. The van der Waals surface area contributed by atoms with Gasteiger partial charge in [-0.15, -0.1) is 0 Å². The summed E-state index contributed by atoms with van der Waals surface area (Å²) in [5.41, 5.74) is 1.20. The molecule has 2 N–H and O–H groups in total. The lowest BCUT2D eigenvalue weighted by molar-refractivity contribution is 0.200. The highest BCUT2D eigenvalue weighted by atomic mass is 79.9. The van der Waals surface area contributed by atoms with E-state index in [9.17, 15) is 0 Å². The summed E-state index contributed by atoms with van der Waals surface area (Å²) in [5, 5.41) is 11.8. The lowest BCUT2D eigenvalue weighted by Gasteiger charge is -2.13. The molecule has 1 atom stereocenters. The summed E-state index contributed by atoms with van der Waals surface area (Å²) in [6, 6.07) is 6.25. The largest absolute Gasteiger partial charge is 0.490 e. The third kappa shape index (κ3) is 3.48. The molecule has 0 saturated carbocycles. The zero-order valence-corrected chi connectivity index (χ0v) is 10.5. The van der Waals surface area contributed by atoms with Gasteiger partial charge in [0.25, 0.3) is 0 Å². The first kappa shape index (κ1) is 12.5. The maximum Gasteiger partial charge on any atom is 0.133 e. The van der Waals surface area contributed by atoms with Gasteiger partial charge < -0.3 is 15.2 Å². The van der Waals surface area contributed by atoms with E-state index in [-0.39, 0.29) is 6.61 Å². The Hall–Kier alpha value is -0.580. The van der Waals surface area contributed by atoms with Crippen LogP contribution < -0.4 is 10.1 Å². The van der Waals surface area contributed by atoms with Crippen LogP contribution in [0.15, 0.2) is 22.7 Å². The predicted octanol–water partition coefficient (Wildman–Crippen LogP) is 2.10. The Morgan fingerprint density at radius 3 is 2.80 bits per heavy atom. The maximum atomic E-state index is 8.65. The number of nitrogens with one attached hydrogen (secondary N) is 1. The van der Waals surface area contributed by atoms with E-state index >= 15 is 0 Å². The zero-order chi connectivity index (χ0) is 11.3. The van der Waals surface area contributed by atoms with Crippen molar-refractivity contribution in [1.82, 2.24) is 5.32 Å². The smallest absolute Gasteiger partial charge is 0.133 e. The summed E-state index contributed by atoms with van der Waals surface area (Å²) in [5.74, 6) is 0.760. The molecule has 0 radical (unpaired) electrons. The Kier molecular flexibility index (Phi) is 5.08. The molecule has 1 aromatic rings. The first-order valence-corrected chi connectivity index (χ1v) is 5.68. The van der Waals surface area contributed by atoms with Gasteiger partial charge in [0.1, 0.15) is 12.4 Å². The Balaban J connectivity index is 2.78. The van der Waals surface area contributed by atoms with Crippen LogP contribution in [0.2, 0.25) is 0 Å². The lowest BCUT2D eigenvalue weighted by Crippen LogP contribution is -2.12. The summed E-state index contributed by atoms with van der Waals surface area (Å²) < 4.78 is 6.25. The van der Waals surface area contributed by atoms with Crippen molar-refractivity contribution in [1.29, 1.82) is 0 Å². The van der Waals surface area contributed by atoms with Crippen molar-refractivity contribution >= 4 is 15.9 Å². The Morgan fingerprint density at radius 2 is 2.27 bits per heavy atom. The standard InChI is InChI=1S/C11H16BrNO2/c1-8(13-2)9-3-4-11(10(12)7-9)15-6-5-14/h3-4,7-8,13-14H,5-6H2,1-2H3. The minimum atomic E-state index is 0.0289. The van der Waals surface area contributed by atoms with Gasteiger partial charge in [-0.25, -0.2) is 0 Å². The highest BCUT2D eigenvalue weighted by molar-refractivity contribution is 9.10. The fourth-order valence-corrected chi connectivity index (χ4v) is 1.74. The van der Waals surface area contributed by atoms with Crippen LogP contribution in [0.1, 0.15) is 18.5 Å². The number of aliphatic hydroxyl groups is 1. The van der Waals surface area contributed by atoms with Crippen molar-refractivity contribution in [3.63, 3.8) is 0 Å². The molecule has 1 rings (SSSR count). The van der Waals surface area contributed by atoms with E-state index in [2.05, 4.69) is 28.2 Å². The van der Waals surface area contributed by atoms with E-state index in [1.165, 1.54) is 5.56 Å². The summed E-state index contributed by atoms with van der Waals surface area (Å²) >= 11 is 3.44. The highest BCUT2D eigenvalue weighted by Crippen LogP contribution is 2.28. The van der Waals surface area contributed by atoms with E-state index in [0.29, 0.717) is 12.6 Å². The van der Waals surface area contributed by atoms with Crippen molar-refractivity contribution < 1.29 is 9.84 Å². The molecule has 1 aromatic carbocycles. The van der Waals surface area contributed by atoms with Gasteiger partial charge in [-0.05, 0) is 47.6 Å². The van der Waals surface area contributed by atoms with Gasteiger partial charge >= 0.3 is 0 Å². The first-order valence-electron chi connectivity index (χ1n) is 4.89. The number of aliphatic hydroxyl groups excluding tert-OH is 1. The van der Waals surface area contributed by atoms with Gasteiger partial charge in [0, 0.05) is 6.04 Å². The molecule has 0 fully saturated rings. The molecule has 0 aliphatic heterocycles. The van der Waals surface area contributed by atoms with Crippen LogP contribution in [0, 0.1) is 0 Å². The van der Waals surface area contributed by atoms with Crippen LogP contribution in [-0.2, 0) is 0 Å². The quantitative estimate of drug-likeness (QED) is 0.864. The SMILES string of the molecule is CNC(C)c1ccc(OCCO)c(Br)c1. The molecule has 0 spiro atoms. The Morgan fingerprint density at radius 1 is 1.53 bits per heavy atom. The van der Waals surface area contributed by atoms with Gasteiger partial charge in [-0.2, -0.15) is 0 Å². The van der Waals surface area contributed by atoms with Gasteiger partial charge in [0.15, 0.2) is 0 Å². The van der Waals surface area contributed by atoms with E-state index in [1.54, 1.807) is 0 Å². The molecule has 0 aromatic heterocycles. The molecule has 0 aliphatic rings. The molecular formula is C11H16BrNO2. The minimum Gasteiger partial charge on any atom is -0.490 e. The second-order valence-corrected chi connectivity index (χ2v) is 4.13. The molecule has 1 unspecified atom stereocenters. The van der Waals surface area contributed by atoms with Crippen molar-refractivity contribution in [2.24, 2.45) is 0 Å². The Bertz CT molecular complexity index is 317. The summed E-state index contributed by atoms with van der Waals surface area (Å²) in [6.07, 6.45) is 0. The van der Waals surface area contributed by atoms with Gasteiger partial charge in [0.05, 0.1) is 11.1 Å². The first-order chi connectivity index (χ1) is 7.19. The number of benzene rings is 1. The number of hydrogen-bond donors (Lipinski definition) is 2. The van der Waals surface area contributed by atoms with Gasteiger partial charge in [0.2, 0.25) is 0 Å². The van der Waals surface area contributed by atoms with Crippen molar-refractivity contribution in [2.75, 3.05) is 20.3 Å². The van der Waals surface area contributed by atoms with Gasteiger partial charge in [-0.3, -0.25) is 0 Å². The van der Waals surface area contributed by atoms with Crippen LogP contribution >= 0.6 is 15.9 Å². The van der Waals surface area contributed by atoms with E-state index in [4.69, 9.17) is 9.84 Å². The third-order valence-electron chi connectivity index (χ3n) is 2.24.